The summed E-state index contributed by atoms with van der Waals surface area (Å²) in [6, 6.07) is 9.32. The molecule has 6 nitrogen and oxygen atoms in total. The molecule has 128 valence electrons. The Morgan fingerprint density at radius 3 is 2.60 bits per heavy atom. The number of hydrogen-bond acceptors (Lipinski definition) is 6. The normalized spacial score (nSPS) is 10.6. The molecule has 0 atom stereocenters. The molecule has 0 unspecified atom stereocenters. The zero-order valence-electron chi connectivity index (χ0n) is 13.2. The number of benzene rings is 2. The minimum atomic E-state index is -0.761. The van der Waals surface area contributed by atoms with Crippen LogP contribution in [-0.4, -0.2) is 21.3 Å². The van der Waals surface area contributed by atoms with Crippen molar-refractivity contribution < 1.29 is 28.7 Å². The lowest BCUT2D eigenvalue weighted by Gasteiger charge is -2.05. The van der Waals surface area contributed by atoms with Gasteiger partial charge in [0.2, 0.25) is 0 Å². The van der Waals surface area contributed by atoms with Gasteiger partial charge in [-0.2, -0.15) is 0 Å². The second kappa shape index (κ2) is 6.64. The van der Waals surface area contributed by atoms with Gasteiger partial charge in [-0.3, -0.25) is 0 Å². The maximum Gasteiger partial charge on any atom is 0.342 e. The summed E-state index contributed by atoms with van der Waals surface area (Å²) in [5, 5.41) is 22.8. The molecule has 1 heterocycles. The van der Waals surface area contributed by atoms with Gasteiger partial charge in [0.05, 0.1) is 0 Å². The SMILES string of the molecule is Cc1c(COC(=O)c2ccc(O)cc2O)noc1-c1ccc(F)cc1. The van der Waals surface area contributed by atoms with Crippen LogP contribution in [0.15, 0.2) is 47.0 Å². The zero-order valence-corrected chi connectivity index (χ0v) is 13.2. The van der Waals surface area contributed by atoms with Crippen molar-refractivity contribution in [3.8, 4) is 22.8 Å². The van der Waals surface area contributed by atoms with Gasteiger partial charge in [-0.15, -0.1) is 0 Å². The Morgan fingerprint density at radius 1 is 1.20 bits per heavy atom. The Morgan fingerprint density at radius 2 is 1.92 bits per heavy atom. The molecule has 2 N–H and O–H groups in total. The highest BCUT2D eigenvalue weighted by atomic mass is 19.1. The van der Waals surface area contributed by atoms with E-state index in [1.807, 2.05) is 0 Å². The first-order valence-corrected chi connectivity index (χ1v) is 7.36. The number of halogens is 1. The number of carbonyl (C=O) groups excluding carboxylic acids is 1. The molecule has 7 heteroatoms. The summed E-state index contributed by atoms with van der Waals surface area (Å²) in [6.07, 6.45) is 0. The zero-order chi connectivity index (χ0) is 18.0. The molecule has 0 spiro atoms. The Labute approximate surface area is 142 Å². The minimum absolute atomic E-state index is 0.0716. The van der Waals surface area contributed by atoms with Gasteiger partial charge in [-0.25, -0.2) is 9.18 Å². The molecule has 0 aliphatic carbocycles. The van der Waals surface area contributed by atoms with Crippen LogP contribution in [0.2, 0.25) is 0 Å². The average molecular weight is 343 g/mol. The lowest BCUT2D eigenvalue weighted by atomic mass is 10.1. The van der Waals surface area contributed by atoms with Crippen LogP contribution in [0.3, 0.4) is 0 Å². The van der Waals surface area contributed by atoms with E-state index in [1.54, 1.807) is 19.1 Å². The van der Waals surface area contributed by atoms with E-state index in [9.17, 15) is 19.4 Å². The summed E-state index contributed by atoms with van der Waals surface area (Å²) in [7, 11) is 0. The van der Waals surface area contributed by atoms with Crippen molar-refractivity contribution in [2.75, 3.05) is 0 Å². The van der Waals surface area contributed by atoms with Gasteiger partial charge in [-0.1, -0.05) is 5.16 Å². The van der Waals surface area contributed by atoms with E-state index in [2.05, 4.69) is 5.16 Å². The molecule has 0 saturated carbocycles. The van der Waals surface area contributed by atoms with Crippen molar-refractivity contribution in [2.24, 2.45) is 0 Å². The largest absolute Gasteiger partial charge is 0.508 e. The number of hydrogen-bond donors (Lipinski definition) is 2. The molecular formula is C18H14FNO5. The van der Waals surface area contributed by atoms with Crippen molar-refractivity contribution in [3.05, 3.63) is 65.1 Å². The molecule has 0 aliphatic rings. The van der Waals surface area contributed by atoms with Crippen LogP contribution in [0.25, 0.3) is 11.3 Å². The number of esters is 1. The first-order chi connectivity index (χ1) is 12.0. The summed E-state index contributed by atoms with van der Waals surface area (Å²) in [5.74, 6) is -1.20. The van der Waals surface area contributed by atoms with Crippen molar-refractivity contribution in [1.29, 1.82) is 0 Å². The van der Waals surface area contributed by atoms with Gasteiger partial charge in [0.15, 0.2) is 5.76 Å². The summed E-state index contributed by atoms with van der Waals surface area (Å²) < 4.78 is 23.4. The van der Waals surface area contributed by atoms with Gasteiger partial charge < -0.3 is 19.5 Å². The van der Waals surface area contributed by atoms with Crippen LogP contribution in [-0.2, 0) is 11.3 Å². The topological polar surface area (TPSA) is 92.8 Å². The predicted molar refractivity (Wildman–Crippen MR) is 85.5 cm³/mol. The van der Waals surface area contributed by atoms with Crippen LogP contribution >= 0.6 is 0 Å². The minimum Gasteiger partial charge on any atom is -0.508 e. The number of phenols is 2. The first kappa shape index (κ1) is 16.5. The fourth-order valence-electron chi connectivity index (χ4n) is 2.28. The summed E-state index contributed by atoms with van der Waals surface area (Å²) >= 11 is 0. The Kier molecular flexibility index (Phi) is 4.38. The Balaban J connectivity index is 1.74. The summed E-state index contributed by atoms with van der Waals surface area (Å²) in [5.41, 5.74) is 1.65. The summed E-state index contributed by atoms with van der Waals surface area (Å²) in [6.45, 7) is 1.59. The second-order valence-electron chi connectivity index (χ2n) is 5.37. The average Bonchev–Trinajstić information content (AvgIpc) is 2.94. The van der Waals surface area contributed by atoms with E-state index in [-0.39, 0.29) is 29.5 Å². The fourth-order valence-corrected chi connectivity index (χ4v) is 2.28. The highest BCUT2D eigenvalue weighted by Gasteiger charge is 2.18. The maximum atomic E-state index is 13.0. The molecule has 3 aromatic rings. The number of rotatable bonds is 4. The molecule has 0 aliphatic heterocycles. The molecule has 0 radical (unpaired) electrons. The van der Waals surface area contributed by atoms with E-state index >= 15 is 0 Å². The molecule has 2 aromatic carbocycles. The van der Waals surface area contributed by atoms with E-state index in [1.165, 1.54) is 24.3 Å². The number of phenolic OH excluding ortho intramolecular Hbond substituents is 2. The molecule has 3 rings (SSSR count). The molecular weight excluding hydrogens is 329 g/mol. The highest BCUT2D eigenvalue weighted by molar-refractivity contribution is 5.92. The third-order valence-electron chi connectivity index (χ3n) is 3.67. The van der Waals surface area contributed by atoms with Crippen LogP contribution in [0.4, 0.5) is 4.39 Å². The van der Waals surface area contributed by atoms with Crippen molar-refractivity contribution in [1.82, 2.24) is 5.16 Å². The fraction of sp³-hybridized carbons (Fsp3) is 0.111. The quantitative estimate of drug-likeness (QED) is 0.704. The first-order valence-electron chi connectivity index (χ1n) is 7.36. The number of ether oxygens (including phenoxy) is 1. The van der Waals surface area contributed by atoms with Crippen molar-refractivity contribution in [2.45, 2.75) is 13.5 Å². The number of nitrogens with zero attached hydrogens (tertiary/aromatic N) is 1. The summed E-state index contributed by atoms with van der Waals surface area (Å²) in [4.78, 5) is 12.0. The van der Waals surface area contributed by atoms with Crippen LogP contribution < -0.4 is 0 Å². The van der Waals surface area contributed by atoms with E-state index in [0.717, 1.165) is 6.07 Å². The van der Waals surface area contributed by atoms with Gasteiger partial charge in [0, 0.05) is 17.2 Å². The predicted octanol–water partition coefficient (Wildman–Crippen LogP) is 3.56. The number of aromatic hydroxyl groups is 2. The number of aromatic nitrogens is 1. The number of carbonyl (C=O) groups is 1. The van der Waals surface area contributed by atoms with Gasteiger partial charge in [0.25, 0.3) is 0 Å². The molecule has 0 bridgehead atoms. The van der Waals surface area contributed by atoms with Crippen molar-refractivity contribution >= 4 is 5.97 Å². The van der Waals surface area contributed by atoms with Crippen molar-refractivity contribution in [3.63, 3.8) is 0 Å². The smallest absolute Gasteiger partial charge is 0.342 e. The standard InChI is InChI=1S/C18H14FNO5/c1-10-15(20-25-17(10)11-2-4-12(19)5-3-11)9-24-18(23)14-7-6-13(21)8-16(14)22/h2-8,21-22H,9H2,1H3. The molecule has 0 amide bonds. The highest BCUT2D eigenvalue weighted by Crippen LogP contribution is 2.27. The van der Waals surface area contributed by atoms with Gasteiger partial charge in [-0.05, 0) is 43.3 Å². The maximum absolute atomic E-state index is 13.0. The Hall–Kier alpha value is -3.35. The third kappa shape index (κ3) is 3.45. The van der Waals surface area contributed by atoms with Crippen LogP contribution in [0, 0.1) is 12.7 Å². The van der Waals surface area contributed by atoms with Crippen LogP contribution in [0.1, 0.15) is 21.6 Å². The second-order valence-corrected chi connectivity index (χ2v) is 5.37. The lowest BCUT2D eigenvalue weighted by molar-refractivity contribution is 0.0460. The monoisotopic (exact) mass is 343 g/mol. The molecule has 1 aromatic heterocycles. The Bertz CT molecular complexity index is 918. The van der Waals surface area contributed by atoms with E-state index in [4.69, 9.17) is 9.26 Å². The van der Waals surface area contributed by atoms with Gasteiger partial charge >= 0.3 is 5.97 Å². The van der Waals surface area contributed by atoms with Crippen LogP contribution in [0.5, 0.6) is 11.5 Å². The third-order valence-corrected chi connectivity index (χ3v) is 3.67. The molecule has 0 fully saturated rings. The molecule has 0 saturated heterocycles. The molecule has 25 heavy (non-hydrogen) atoms. The van der Waals surface area contributed by atoms with E-state index < -0.39 is 5.97 Å². The van der Waals surface area contributed by atoms with E-state index in [0.29, 0.717) is 22.6 Å². The van der Waals surface area contributed by atoms with Gasteiger partial charge in [0.1, 0.15) is 35.2 Å². The lowest BCUT2D eigenvalue weighted by Crippen LogP contribution is -2.06.